The maximum Gasteiger partial charge on any atom is 0.260 e. The van der Waals surface area contributed by atoms with E-state index in [1.54, 1.807) is 12.1 Å². The second-order valence-corrected chi connectivity index (χ2v) is 7.13. The lowest BCUT2D eigenvalue weighted by Crippen LogP contribution is -2.40. The van der Waals surface area contributed by atoms with Gasteiger partial charge in [0.1, 0.15) is 12.4 Å². The summed E-state index contributed by atoms with van der Waals surface area (Å²) in [4.78, 5) is 22.6. The van der Waals surface area contributed by atoms with Crippen LogP contribution in [0.4, 0.5) is 0 Å². The van der Waals surface area contributed by atoms with E-state index in [1.807, 2.05) is 47.4 Å². The zero-order valence-corrected chi connectivity index (χ0v) is 16.3. The van der Waals surface area contributed by atoms with Crippen molar-refractivity contribution in [3.63, 3.8) is 0 Å². The molecule has 3 aromatic rings. The lowest BCUT2D eigenvalue weighted by Gasteiger charge is -2.31. The number of rotatable bonds is 7. The molecule has 1 amide bonds. The Morgan fingerprint density at radius 3 is 2.52 bits per heavy atom. The van der Waals surface area contributed by atoms with Crippen LogP contribution in [0.25, 0.3) is 11.0 Å². The molecule has 0 atom stereocenters. The summed E-state index contributed by atoms with van der Waals surface area (Å²) in [5.41, 5.74) is 2.05. The number of benzene rings is 2. The SMILES string of the molecule is C=CCOc1ccccc1OCC(=O)N1CCC(c2nc3ccccc3[nH]2)CC1. The summed E-state index contributed by atoms with van der Waals surface area (Å²) in [6, 6.07) is 15.4. The van der Waals surface area contributed by atoms with Crippen LogP contribution in [0, 0.1) is 0 Å². The molecular weight excluding hydrogens is 366 g/mol. The van der Waals surface area contributed by atoms with Crippen LogP contribution in [-0.4, -0.2) is 47.1 Å². The summed E-state index contributed by atoms with van der Waals surface area (Å²) in [5, 5.41) is 0. The van der Waals surface area contributed by atoms with Gasteiger partial charge in [-0.15, -0.1) is 0 Å². The van der Waals surface area contributed by atoms with Gasteiger partial charge in [-0.1, -0.05) is 36.9 Å². The molecule has 0 spiro atoms. The average molecular weight is 391 g/mol. The van der Waals surface area contributed by atoms with Gasteiger partial charge in [0.05, 0.1) is 11.0 Å². The third-order valence-electron chi connectivity index (χ3n) is 5.20. The van der Waals surface area contributed by atoms with E-state index in [4.69, 9.17) is 14.5 Å². The molecule has 29 heavy (non-hydrogen) atoms. The van der Waals surface area contributed by atoms with E-state index in [9.17, 15) is 4.79 Å². The number of hydrogen-bond acceptors (Lipinski definition) is 4. The number of aromatic amines is 1. The Bertz CT molecular complexity index is 957. The number of hydrogen-bond donors (Lipinski definition) is 1. The van der Waals surface area contributed by atoms with Gasteiger partial charge >= 0.3 is 0 Å². The summed E-state index contributed by atoms with van der Waals surface area (Å²) in [7, 11) is 0. The van der Waals surface area contributed by atoms with Crippen LogP contribution >= 0.6 is 0 Å². The Morgan fingerprint density at radius 1 is 1.10 bits per heavy atom. The van der Waals surface area contributed by atoms with E-state index in [1.165, 1.54) is 0 Å². The highest BCUT2D eigenvalue weighted by Gasteiger charge is 2.26. The molecule has 1 fully saturated rings. The second kappa shape index (κ2) is 8.82. The number of piperidine rings is 1. The van der Waals surface area contributed by atoms with Crippen LogP contribution in [0.5, 0.6) is 11.5 Å². The van der Waals surface area contributed by atoms with Crippen LogP contribution in [-0.2, 0) is 4.79 Å². The topological polar surface area (TPSA) is 67.5 Å². The molecule has 150 valence electrons. The molecule has 1 aromatic heterocycles. The molecule has 0 unspecified atom stereocenters. The number of carbonyl (C=O) groups is 1. The Hall–Kier alpha value is -3.28. The van der Waals surface area contributed by atoms with E-state index in [0.717, 1.165) is 29.7 Å². The monoisotopic (exact) mass is 391 g/mol. The molecule has 0 saturated carbocycles. The van der Waals surface area contributed by atoms with Gasteiger partial charge in [-0.3, -0.25) is 4.79 Å². The van der Waals surface area contributed by atoms with Crippen molar-refractivity contribution < 1.29 is 14.3 Å². The van der Waals surface area contributed by atoms with E-state index >= 15 is 0 Å². The van der Waals surface area contributed by atoms with E-state index in [2.05, 4.69) is 11.6 Å². The number of carbonyl (C=O) groups excluding carboxylic acids is 1. The predicted molar refractivity (Wildman–Crippen MR) is 112 cm³/mol. The molecule has 1 aliphatic heterocycles. The number of imidazole rings is 1. The smallest absolute Gasteiger partial charge is 0.260 e. The number of nitrogens with one attached hydrogen (secondary N) is 1. The van der Waals surface area contributed by atoms with Crippen LogP contribution in [0.3, 0.4) is 0 Å². The molecule has 1 aliphatic rings. The zero-order chi connectivity index (χ0) is 20.1. The summed E-state index contributed by atoms with van der Waals surface area (Å²) in [5.74, 6) is 2.54. The number of fused-ring (bicyclic) bond motifs is 1. The molecule has 6 nitrogen and oxygen atoms in total. The molecule has 2 heterocycles. The molecule has 1 saturated heterocycles. The van der Waals surface area contributed by atoms with Crippen molar-refractivity contribution in [2.75, 3.05) is 26.3 Å². The van der Waals surface area contributed by atoms with Crippen molar-refractivity contribution in [1.82, 2.24) is 14.9 Å². The second-order valence-electron chi connectivity index (χ2n) is 7.13. The zero-order valence-electron chi connectivity index (χ0n) is 16.3. The standard InChI is InChI=1S/C23H25N3O3/c1-2-15-28-20-9-5-6-10-21(20)29-16-22(27)26-13-11-17(12-14-26)23-24-18-7-3-4-8-19(18)25-23/h2-10,17H,1,11-16H2,(H,24,25). The van der Waals surface area contributed by atoms with E-state index in [-0.39, 0.29) is 12.5 Å². The number of aromatic nitrogens is 2. The molecule has 0 radical (unpaired) electrons. The minimum atomic E-state index is -0.00780. The molecule has 1 N–H and O–H groups in total. The summed E-state index contributed by atoms with van der Waals surface area (Å²) in [6.45, 7) is 5.46. The Kier molecular flexibility index (Phi) is 5.79. The van der Waals surface area contributed by atoms with Gasteiger partial charge < -0.3 is 19.4 Å². The lowest BCUT2D eigenvalue weighted by molar-refractivity contribution is -0.134. The summed E-state index contributed by atoms with van der Waals surface area (Å²) >= 11 is 0. The number of likely N-dealkylation sites (tertiary alicyclic amines) is 1. The van der Waals surface area contributed by atoms with E-state index < -0.39 is 0 Å². The Labute approximate surface area is 170 Å². The lowest BCUT2D eigenvalue weighted by atomic mass is 9.96. The first-order chi connectivity index (χ1) is 14.2. The highest BCUT2D eigenvalue weighted by molar-refractivity contribution is 5.78. The summed E-state index contributed by atoms with van der Waals surface area (Å²) < 4.78 is 11.3. The van der Waals surface area contributed by atoms with Crippen LogP contribution in [0.15, 0.2) is 61.2 Å². The van der Waals surface area contributed by atoms with E-state index in [0.29, 0.717) is 37.1 Å². The molecule has 2 aromatic carbocycles. The normalized spacial score (nSPS) is 14.7. The highest BCUT2D eigenvalue weighted by atomic mass is 16.5. The fourth-order valence-electron chi connectivity index (χ4n) is 3.64. The Morgan fingerprint density at radius 2 is 1.79 bits per heavy atom. The maximum absolute atomic E-state index is 12.6. The van der Waals surface area contributed by atoms with Crippen molar-refractivity contribution >= 4 is 16.9 Å². The van der Waals surface area contributed by atoms with Crippen LogP contribution in [0.1, 0.15) is 24.6 Å². The molecule has 0 aliphatic carbocycles. The molecule has 6 heteroatoms. The molecule has 4 rings (SSSR count). The largest absolute Gasteiger partial charge is 0.486 e. The first-order valence-corrected chi connectivity index (χ1v) is 9.92. The predicted octanol–water partition coefficient (Wildman–Crippen LogP) is 3.91. The van der Waals surface area contributed by atoms with Gasteiger partial charge in [-0.2, -0.15) is 0 Å². The minimum absolute atomic E-state index is 0.00374. The fourth-order valence-corrected chi connectivity index (χ4v) is 3.64. The van der Waals surface area contributed by atoms with Gasteiger partial charge in [-0.05, 0) is 37.1 Å². The molecule has 0 bridgehead atoms. The maximum atomic E-state index is 12.6. The van der Waals surface area contributed by atoms with Crippen molar-refractivity contribution in [2.24, 2.45) is 0 Å². The third-order valence-corrected chi connectivity index (χ3v) is 5.20. The first-order valence-electron chi connectivity index (χ1n) is 9.92. The fraction of sp³-hybridized carbons (Fsp3) is 0.304. The Balaban J connectivity index is 1.31. The van der Waals surface area contributed by atoms with Crippen molar-refractivity contribution in [3.8, 4) is 11.5 Å². The molecular formula is C23H25N3O3. The first kappa shape index (κ1) is 19.1. The number of H-pyrrole nitrogens is 1. The van der Waals surface area contributed by atoms with Crippen LogP contribution in [0.2, 0.25) is 0 Å². The number of ether oxygens (including phenoxy) is 2. The van der Waals surface area contributed by atoms with Gasteiger partial charge in [0, 0.05) is 19.0 Å². The highest BCUT2D eigenvalue weighted by Crippen LogP contribution is 2.29. The van der Waals surface area contributed by atoms with Crippen LogP contribution < -0.4 is 9.47 Å². The number of nitrogens with zero attached hydrogens (tertiary/aromatic N) is 2. The van der Waals surface area contributed by atoms with Crippen molar-refractivity contribution in [3.05, 3.63) is 67.0 Å². The third kappa shape index (κ3) is 4.42. The summed E-state index contributed by atoms with van der Waals surface area (Å²) in [6.07, 6.45) is 3.46. The quantitative estimate of drug-likeness (QED) is 0.620. The number of para-hydroxylation sites is 4. The minimum Gasteiger partial charge on any atom is -0.486 e. The number of amides is 1. The van der Waals surface area contributed by atoms with Gasteiger partial charge in [0.2, 0.25) is 0 Å². The van der Waals surface area contributed by atoms with Gasteiger partial charge in [-0.25, -0.2) is 4.98 Å². The van der Waals surface area contributed by atoms with Gasteiger partial charge in [0.15, 0.2) is 18.1 Å². The average Bonchev–Trinajstić information content (AvgIpc) is 3.21. The van der Waals surface area contributed by atoms with Crippen molar-refractivity contribution in [1.29, 1.82) is 0 Å². The van der Waals surface area contributed by atoms with Crippen molar-refractivity contribution in [2.45, 2.75) is 18.8 Å². The van der Waals surface area contributed by atoms with Gasteiger partial charge in [0.25, 0.3) is 5.91 Å².